The Labute approximate surface area is 98.6 Å². The van der Waals surface area contributed by atoms with Crippen molar-refractivity contribution >= 4 is 0 Å². The summed E-state index contributed by atoms with van der Waals surface area (Å²) in [5, 5.41) is 17.7. The highest BCUT2D eigenvalue weighted by atomic mass is 16.5. The maximum atomic E-state index is 9.04. The van der Waals surface area contributed by atoms with Crippen molar-refractivity contribution < 1.29 is 19.7 Å². The molecule has 0 rings (SSSR count). The molecule has 98 valence electrons. The Morgan fingerprint density at radius 1 is 0.875 bits per heavy atom. The van der Waals surface area contributed by atoms with Crippen molar-refractivity contribution in [2.45, 2.75) is 58.3 Å². The van der Waals surface area contributed by atoms with Crippen molar-refractivity contribution in [2.75, 3.05) is 19.8 Å². The fraction of sp³-hybridized carbons (Fsp3) is 1.00. The maximum Gasteiger partial charge on any atom is 0.0568 e. The van der Waals surface area contributed by atoms with Crippen LogP contribution in [0, 0.1) is 0 Å². The van der Waals surface area contributed by atoms with Gasteiger partial charge in [-0.3, -0.25) is 0 Å². The molecule has 0 heterocycles. The Morgan fingerprint density at radius 2 is 1.38 bits per heavy atom. The highest BCUT2D eigenvalue weighted by molar-refractivity contribution is 4.54. The van der Waals surface area contributed by atoms with E-state index in [1.54, 1.807) is 6.92 Å². The van der Waals surface area contributed by atoms with Crippen LogP contribution in [-0.4, -0.2) is 48.3 Å². The second-order valence-corrected chi connectivity index (χ2v) is 4.30. The molecule has 0 fully saturated rings. The average Bonchev–Trinajstić information content (AvgIpc) is 2.17. The van der Waals surface area contributed by atoms with Gasteiger partial charge >= 0.3 is 0 Å². The lowest BCUT2D eigenvalue weighted by Gasteiger charge is -2.16. The van der Waals surface area contributed by atoms with Crippen LogP contribution < -0.4 is 0 Å². The van der Waals surface area contributed by atoms with Gasteiger partial charge in [0.2, 0.25) is 0 Å². The van der Waals surface area contributed by atoms with E-state index < -0.39 is 0 Å². The van der Waals surface area contributed by atoms with Crippen LogP contribution in [0.1, 0.15) is 40.0 Å². The Morgan fingerprint density at radius 3 is 1.88 bits per heavy atom. The van der Waals surface area contributed by atoms with Crippen LogP contribution in [0.25, 0.3) is 0 Å². The Bertz CT molecular complexity index is 150. The van der Waals surface area contributed by atoms with E-state index in [1.807, 2.05) is 13.8 Å². The Hall–Kier alpha value is -0.160. The lowest BCUT2D eigenvalue weighted by molar-refractivity contribution is -0.00272. The minimum Gasteiger partial charge on any atom is -0.396 e. The van der Waals surface area contributed by atoms with Crippen LogP contribution in [0.15, 0.2) is 0 Å². The molecule has 0 radical (unpaired) electrons. The first-order valence-corrected chi connectivity index (χ1v) is 6.08. The lowest BCUT2D eigenvalue weighted by atomic mass is 10.2. The molecular formula is C12H26O4. The van der Waals surface area contributed by atoms with Gasteiger partial charge in [-0.2, -0.15) is 0 Å². The third kappa shape index (κ3) is 10.4. The molecule has 3 unspecified atom stereocenters. The SMILES string of the molecule is CC(O)CCOC(C)CCOC(C)CCO. The van der Waals surface area contributed by atoms with Gasteiger partial charge in [-0.1, -0.05) is 0 Å². The highest BCUT2D eigenvalue weighted by Crippen LogP contribution is 2.03. The summed E-state index contributed by atoms with van der Waals surface area (Å²) in [4.78, 5) is 0. The first-order chi connectivity index (χ1) is 7.56. The van der Waals surface area contributed by atoms with E-state index in [0.29, 0.717) is 26.1 Å². The molecule has 0 saturated carbocycles. The molecule has 0 bridgehead atoms. The zero-order valence-corrected chi connectivity index (χ0v) is 10.7. The van der Waals surface area contributed by atoms with E-state index in [0.717, 1.165) is 6.42 Å². The summed E-state index contributed by atoms with van der Waals surface area (Å²) in [5.41, 5.74) is 0. The second kappa shape index (κ2) is 10.0. The third-order valence-corrected chi connectivity index (χ3v) is 2.40. The molecule has 2 N–H and O–H groups in total. The zero-order chi connectivity index (χ0) is 12.4. The second-order valence-electron chi connectivity index (χ2n) is 4.30. The van der Waals surface area contributed by atoms with Gasteiger partial charge in [-0.05, 0) is 40.0 Å². The van der Waals surface area contributed by atoms with E-state index >= 15 is 0 Å². The molecule has 0 spiro atoms. The summed E-state index contributed by atoms with van der Waals surface area (Å²) in [5.74, 6) is 0. The number of aliphatic hydroxyl groups excluding tert-OH is 2. The standard InChI is InChI=1S/C12H26O4/c1-10(14)5-8-15-12(3)6-9-16-11(2)4-7-13/h10-14H,4-9H2,1-3H3. The van der Waals surface area contributed by atoms with E-state index in [1.165, 1.54) is 0 Å². The summed E-state index contributed by atoms with van der Waals surface area (Å²) in [6.07, 6.45) is 2.15. The van der Waals surface area contributed by atoms with Gasteiger partial charge in [0.25, 0.3) is 0 Å². The van der Waals surface area contributed by atoms with Crippen LogP contribution in [0.2, 0.25) is 0 Å². The summed E-state index contributed by atoms with van der Waals surface area (Å²) in [6, 6.07) is 0. The number of rotatable bonds is 10. The molecular weight excluding hydrogens is 208 g/mol. The monoisotopic (exact) mass is 234 g/mol. The average molecular weight is 234 g/mol. The predicted molar refractivity (Wildman–Crippen MR) is 63.4 cm³/mol. The molecule has 3 atom stereocenters. The summed E-state index contributed by atoms with van der Waals surface area (Å²) >= 11 is 0. The van der Waals surface area contributed by atoms with Crippen LogP contribution in [-0.2, 0) is 9.47 Å². The quantitative estimate of drug-likeness (QED) is 0.599. The predicted octanol–water partition coefficient (Wildman–Crippen LogP) is 1.34. The minimum atomic E-state index is -0.298. The minimum absolute atomic E-state index is 0.106. The van der Waals surface area contributed by atoms with Gasteiger partial charge in [0.1, 0.15) is 0 Å². The molecule has 0 aliphatic carbocycles. The Kier molecular flexibility index (Phi) is 9.92. The smallest absolute Gasteiger partial charge is 0.0568 e. The molecule has 0 aromatic rings. The fourth-order valence-corrected chi connectivity index (χ4v) is 1.22. The van der Waals surface area contributed by atoms with Crippen LogP contribution >= 0.6 is 0 Å². The maximum absolute atomic E-state index is 9.04. The summed E-state index contributed by atoms with van der Waals surface area (Å²) < 4.78 is 11.0. The largest absolute Gasteiger partial charge is 0.396 e. The fourth-order valence-electron chi connectivity index (χ4n) is 1.22. The van der Waals surface area contributed by atoms with Gasteiger partial charge < -0.3 is 19.7 Å². The molecule has 0 aliphatic heterocycles. The highest BCUT2D eigenvalue weighted by Gasteiger charge is 2.05. The van der Waals surface area contributed by atoms with Crippen LogP contribution in [0.5, 0.6) is 0 Å². The Balaban J connectivity index is 3.32. The summed E-state index contributed by atoms with van der Waals surface area (Å²) in [7, 11) is 0. The molecule has 0 saturated heterocycles. The first kappa shape index (κ1) is 15.8. The molecule has 0 amide bonds. The number of aliphatic hydroxyl groups is 2. The van der Waals surface area contributed by atoms with Gasteiger partial charge in [0, 0.05) is 19.8 Å². The molecule has 16 heavy (non-hydrogen) atoms. The molecule has 0 aromatic heterocycles. The molecule has 0 aromatic carbocycles. The van der Waals surface area contributed by atoms with Gasteiger partial charge in [0.05, 0.1) is 18.3 Å². The van der Waals surface area contributed by atoms with E-state index in [4.69, 9.17) is 19.7 Å². The number of ether oxygens (including phenoxy) is 2. The summed E-state index contributed by atoms with van der Waals surface area (Å²) in [6.45, 7) is 7.12. The molecule has 0 aliphatic rings. The first-order valence-electron chi connectivity index (χ1n) is 6.08. The molecule has 4 heteroatoms. The molecule has 4 nitrogen and oxygen atoms in total. The van der Waals surface area contributed by atoms with Crippen molar-refractivity contribution in [3.8, 4) is 0 Å². The van der Waals surface area contributed by atoms with Gasteiger partial charge in [-0.15, -0.1) is 0 Å². The zero-order valence-electron chi connectivity index (χ0n) is 10.7. The normalized spacial score (nSPS) is 17.1. The van der Waals surface area contributed by atoms with Crippen molar-refractivity contribution in [2.24, 2.45) is 0 Å². The van der Waals surface area contributed by atoms with Crippen LogP contribution in [0.4, 0.5) is 0 Å². The van der Waals surface area contributed by atoms with E-state index in [-0.39, 0.29) is 24.9 Å². The number of hydrogen-bond donors (Lipinski definition) is 2. The number of hydrogen-bond acceptors (Lipinski definition) is 4. The van der Waals surface area contributed by atoms with Crippen molar-refractivity contribution in [3.05, 3.63) is 0 Å². The van der Waals surface area contributed by atoms with E-state index in [9.17, 15) is 0 Å². The van der Waals surface area contributed by atoms with Gasteiger partial charge in [-0.25, -0.2) is 0 Å². The third-order valence-electron chi connectivity index (χ3n) is 2.40. The van der Waals surface area contributed by atoms with Crippen molar-refractivity contribution in [1.82, 2.24) is 0 Å². The lowest BCUT2D eigenvalue weighted by Crippen LogP contribution is -2.17. The van der Waals surface area contributed by atoms with Crippen LogP contribution in [0.3, 0.4) is 0 Å². The van der Waals surface area contributed by atoms with Gasteiger partial charge in [0.15, 0.2) is 0 Å². The van der Waals surface area contributed by atoms with Crippen molar-refractivity contribution in [1.29, 1.82) is 0 Å². The van der Waals surface area contributed by atoms with E-state index in [2.05, 4.69) is 0 Å². The topological polar surface area (TPSA) is 58.9 Å². The van der Waals surface area contributed by atoms with Crippen molar-refractivity contribution in [3.63, 3.8) is 0 Å².